The van der Waals surface area contributed by atoms with E-state index in [1.807, 2.05) is 6.92 Å². The molecule has 2 amide bonds. The van der Waals surface area contributed by atoms with Gasteiger partial charge in [0.05, 0.1) is 13.2 Å². The molecule has 0 saturated carbocycles. The quantitative estimate of drug-likeness (QED) is 0.424. The predicted octanol–water partition coefficient (Wildman–Crippen LogP) is 3.22. The van der Waals surface area contributed by atoms with Gasteiger partial charge in [0, 0.05) is 12.3 Å². The zero-order valence-electron chi connectivity index (χ0n) is 18.3. The molecule has 0 aliphatic heterocycles. The third kappa shape index (κ3) is 16.5. The molecule has 160 valence electrons. The fourth-order valence-electron chi connectivity index (χ4n) is 2.00. The highest BCUT2D eigenvalue weighted by atomic mass is 16.3. The monoisotopic (exact) mass is 386 g/mol. The average molecular weight is 387 g/mol. The van der Waals surface area contributed by atoms with Crippen molar-refractivity contribution >= 4 is 17.6 Å². The number of ketones is 1. The van der Waals surface area contributed by atoms with Crippen molar-refractivity contribution in [2.75, 3.05) is 13.2 Å². The van der Waals surface area contributed by atoms with Crippen LogP contribution in [0.15, 0.2) is 0 Å². The number of rotatable bonds is 13. The first-order valence-electron chi connectivity index (χ1n) is 10.4. The maximum Gasteiger partial charge on any atom is 0.245 e. The summed E-state index contributed by atoms with van der Waals surface area (Å²) in [6.45, 7) is 11.8. The van der Waals surface area contributed by atoms with Crippen LogP contribution < -0.4 is 10.6 Å². The van der Waals surface area contributed by atoms with E-state index in [9.17, 15) is 19.5 Å². The van der Waals surface area contributed by atoms with Gasteiger partial charge in [-0.1, -0.05) is 67.2 Å². The molecule has 6 heteroatoms. The average Bonchev–Trinajstić information content (AvgIpc) is 2.66. The Hall–Kier alpha value is -1.43. The Bertz CT molecular complexity index is 409. The van der Waals surface area contributed by atoms with Crippen molar-refractivity contribution < 1.29 is 19.5 Å². The number of amides is 2. The van der Waals surface area contributed by atoms with Crippen molar-refractivity contribution in [3.8, 4) is 0 Å². The van der Waals surface area contributed by atoms with Gasteiger partial charge in [-0.25, -0.2) is 0 Å². The Balaban J connectivity index is 0. The normalized spacial score (nSPS) is 12.6. The zero-order valence-corrected chi connectivity index (χ0v) is 18.3. The molecule has 3 N–H and O–H groups in total. The van der Waals surface area contributed by atoms with Crippen LogP contribution >= 0.6 is 0 Å². The van der Waals surface area contributed by atoms with E-state index in [2.05, 4.69) is 38.3 Å². The van der Waals surface area contributed by atoms with E-state index in [-0.39, 0.29) is 24.2 Å². The minimum absolute atomic E-state index is 0.0578. The standard InChI is InChI=1S/C17H32N2O4.C4H10/c1-5-13(4)15(21)10-18-17(23)14(11-20)19-16(22)9-7-6-8-12(2)3;1-3-4-2/h12-14,20H,5-11H2,1-4H3,(H,18,23)(H,19,22);3-4H2,1-2H3. The SMILES string of the molecule is CCC(C)C(=O)CNC(=O)C(CO)NC(=O)CCCCC(C)C.CCCC. The van der Waals surface area contributed by atoms with Gasteiger partial charge in [0.15, 0.2) is 5.78 Å². The number of hydrogen-bond acceptors (Lipinski definition) is 4. The maximum atomic E-state index is 11.9. The topological polar surface area (TPSA) is 95.5 Å². The number of Topliss-reactive ketones (excluding diaryl/α,β-unsaturated/α-hetero) is 1. The third-order valence-corrected chi connectivity index (χ3v) is 4.37. The number of carbonyl (C=O) groups excluding carboxylic acids is 3. The summed E-state index contributed by atoms with van der Waals surface area (Å²) < 4.78 is 0. The summed E-state index contributed by atoms with van der Waals surface area (Å²) in [5.74, 6) is -0.344. The van der Waals surface area contributed by atoms with Crippen molar-refractivity contribution in [1.29, 1.82) is 0 Å². The van der Waals surface area contributed by atoms with Crippen LogP contribution in [0.4, 0.5) is 0 Å². The molecule has 2 atom stereocenters. The molecule has 27 heavy (non-hydrogen) atoms. The molecule has 0 heterocycles. The first-order chi connectivity index (χ1) is 12.7. The third-order valence-electron chi connectivity index (χ3n) is 4.37. The Morgan fingerprint density at radius 1 is 0.963 bits per heavy atom. The molecular formula is C21H42N2O4. The van der Waals surface area contributed by atoms with Gasteiger partial charge >= 0.3 is 0 Å². The molecular weight excluding hydrogens is 344 g/mol. The Labute approximate surface area is 165 Å². The second kappa shape index (κ2) is 18.0. The van der Waals surface area contributed by atoms with Gasteiger partial charge in [-0.15, -0.1) is 0 Å². The molecule has 0 aliphatic rings. The summed E-state index contributed by atoms with van der Waals surface area (Å²) in [5, 5.41) is 14.2. The zero-order chi connectivity index (χ0) is 21.2. The smallest absolute Gasteiger partial charge is 0.245 e. The Morgan fingerprint density at radius 2 is 1.56 bits per heavy atom. The second-order valence-corrected chi connectivity index (χ2v) is 7.44. The van der Waals surface area contributed by atoms with Crippen molar-refractivity contribution in [2.45, 2.75) is 92.5 Å². The summed E-state index contributed by atoms with van der Waals surface area (Å²) in [4.78, 5) is 35.4. The van der Waals surface area contributed by atoms with Crippen molar-refractivity contribution in [1.82, 2.24) is 10.6 Å². The second-order valence-electron chi connectivity index (χ2n) is 7.44. The first-order valence-corrected chi connectivity index (χ1v) is 10.4. The van der Waals surface area contributed by atoms with Gasteiger partial charge in [-0.05, 0) is 18.8 Å². The van der Waals surface area contributed by atoms with Gasteiger partial charge in [0.1, 0.15) is 6.04 Å². The first kappa shape index (κ1) is 27.8. The van der Waals surface area contributed by atoms with E-state index in [0.717, 1.165) is 19.3 Å². The van der Waals surface area contributed by atoms with Crippen LogP contribution in [0.25, 0.3) is 0 Å². The molecule has 0 spiro atoms. The van der Waals surface area contributed by atoms with Crippen molar-refractivity contribution in [2.24, 2.45) is 11.8 Å². The lowest BCUT2D eigenvalue weighted by Crippen LogP contribution is -2.50. The van der Waals surface area contributed by atoms with Crippen LogP contribution in [0.3, 0.4) is 0 Å². The van der Waals surface area contributed by atoms with Gasteiger partial charge in [0.25, 0.3) is 0 Å². The highest BCUT2D eigenvalue weighted by Gasteiger charge is 2.21. The highest BCUT2D eigenvalue weighted by molar-refractivity contribution is 5.91. The van der Waals surface area contributed by atoms with E-state index in [1.165, 1.54) is 12.8 Å². The molecule has 0 fully saturated rings. The van der Waals surface area contributed by atoms with Gasteiger partial charge in [-0.3, -0.25) is 14.4 Å². The van der Waals surface area contributed by atoms with E-state index in [0.29, 0.717) is 18.8 Å². The molecule has 6 nitrogen and oxygen atoms in total. The molecule has 2 unspecified atom stereocenters. The van der Waals surface area contributed by atoms with Gasteiger partial charge < -0.3 is 15.7 Å². The maximum absolute atomic E-state index is 11.9. The molecule has 0 aromatic rings. The number of carbonyl (C=O) groups is 3. The number of aliphatic hydroxyl groups excluding tert-OH is 1. The summed E-state index contributed by atoms with van der Waals surface area (Å²) >= 11 is 0. The van der Waals surface area contributed by atoms with E-state index < -0.39 is 18.6 Å². The molecule has 0 radical (unpaired) electrons. The van der Waals surface area contributed by atoms with Crippen LogP contribution in [0.2, 0.25) is 0 Å². The summed E-state index contributed by atoms with van der Waals surface area (Å²) in [6, 6.07) is -1.00. The minimum atomic E-state index is -1.00. The molecule has 0 rings (SSSR count). The molecule has 0 aliphatic carbocycles. The van der Waals surface area contributed by atoms with Crippen LogP contribution in [0, 0.1) is 11.8 Å². The van der Waals surface area contributed by atoms with Crippen LogP contribution in [-0.4, -0.2) is 41.9 Å². The number of nitrogens with one attached hydrogen (secondary N) is 2. The van der Waals surface area contributed by atoms with Crippen LogP contribution in [-0.2, 0) is 14.4 Å². The van der Waals surface area contributed by atoms with Gasteiger partial charge in [0.2, 0.25) is 11.8 Å². The number of hydrogen-bond donors (Lipinski definition) is 3. The number of unbranched alkanes of at least 4 members (excludes halogenated alkanes) is 2. The number of aliphatic hydroxyl groups is 1. The summed E-state index contributed by atoms with van der Waals surface area (Å²) in [5.41, 5.74) is 0. The van der Waals surface area contributed by atoms with Crippen molar-refractivity contribution in [3.63, 3.8) is 0 Å². The Kier molecular flexibility index (Phi) is 18.5. The molecule has 0 aromatic carbocycles. The van der Waals surface area contributed by atoms with E-state index in [4.69, 9.17) is 0 Å². The lowest BCUT2D eigenvalue weighted by atomic mass is 10.0. The molecule has 0 saturated heterocycles. The summed E-state index contributed by atoms with van der Waals surface area (Å²) in [7, 11) is 0. The molecule has 0 aromatic heterocycles. The summed E-state index contributed by atoms with van der Waals surface area (Å²) in [6.07, 6.45) is 6.48. The lowest BCUT2D eigenvalue weighted by molar-refractivity contribution is -0.131. The molecule has 0 bridgehead atoms. The van der Waals surface area contributed by atoms with Crippen LogP contribution in [0.1, 0.15) is 86.5 Å². The Morgan fingerprint density at radius 3 is 2.00 bits per heavy atom. The lowest BCUT2D eigenvalue weighted by Gasteiger charge is -2.17. The van der Waals surface area contributed by atoms with Gasteiger partial charge in [-0.2, -0.15) is 0 Å². The largest absolute Gasteiger partial charge is 0.394 e. The minimum Gasteiger partial charge on any atom is -0.394 e. The fraction of sp³-hybridized carbons (Fsp3) is 0.857. The predicted molar refractivity (Wildman–Crippen MR) is 110 cm³/mol. The van der Waals surface area contributed by atoms with Crippen LogP contribution in [0.5, 0.6) is 0 Å². The van der Waals surface area contributed by atoms with E-state index in [1.54, 1.807) is 6.92 Å². The van der Waals surface area contributed by atoms with Crippen molar-refractivity contribution in [3.05, 3.63) is 0 Å². The fourth-order valence-corrected chi connectivity index (χ4v) is 2.00. The highest BCUT2D eigenvalue weighted by Crippen LogP contribution is 2.08. The van der Waals surface area contributed by atoms with E-state index >= 15 is 0 Å².